The van der Waals surface area contributed by atoms with E-state index in [2.05, 4.69) is 33.1 Å². The number of nitrogens with two attached hydrogens (primary N) is 1. The summed E-state index contributed by atoms with van der Waals surface area (Å²) in [6, 6.07) is 11.8. The van der Waals surface area contributed by atoms with Gasteiger partial charge in [0, 0.05) is 15.7 Å². The van der Waals surface area contributed by atoms with Crippen LogP contribution in [0.2, 0.25) is 0 Å². The zero-order valence-corrected chi connectivity index (χ0v) is 12.6. The molecular formula is C16H13BrN2O2. The third kappa shape index (κ3) is 4.09. The van der Waals surface area contributed by atoms with E-state index in [4.69, 9.17) is 5.73 Å². The number of nitrogens with one attached hydrogen (secondary N) is 1. The number of carbonyl (C=O) groups excluding carboxylic acids is 1. The molecule has 0 fully saturated rings. The molecule has 2 aromatic carbocycles. The molecule has 0 aliphatic rings. The second-order valence-electron chi connectivity index (χ2n) is 4.20. The zero-order valence-electron chi connectivity index (χ0n) is 11.1. The summed E-state index contributed by atoms with van der Waals surface area (Å²) in [6.45, 7) is 0.281. The van der Waals surface area contributed by atoms with Crippen LogP contribution in [0, 0.1) is 11.8 Å². The normalized spacial score (nSPS) is 9.62. The number of halogens is 1. The maximum Gasteiger partial charge on any atom is 0.259 e. The lowest BCUT2D eigenvalue weighted by Gasteiger charge is -2.07. The van der Waals surface area contributed by atoms with Crippen molar-refractivity contribution in [3.05, 3.63) is 58.1 Å². The van der Waals surface area contributed by atoms with Crippen molar-refractivity contribution >= 4 is 27.5 Å². The van der Waals surface area contributed by atoms with Gasteiger partial charge in [0.2, 0.25) is 0 Å². The van der Waals surface area contributed by atoms with Crippen LogP contribution in [0.25, 0.3) is 0 Å². The highest BCUT2D eigenvalue weighted by Gasteiger charge is 2.11. The van der Waals surface area contributed by atoms with Gasteiger partial charge in [0.25, 0.3) is 5.91 Å². The molecule has 0 aliphatic carbocycles. The number of anilines is 1. The molecule has 0 spiro atoms. The molecule has 2 aromatic rings. The lowest BCUT2D eigenvalue weighted by molar-refractivity contribution is 0.102. The number of amides is 1. The van der Waals surface area contributed by atoms with Gasteiger partial charge in [-0.1, -0.05) is 33.8 Å². The van der Waals surface area contributed by atoms with Crippen LogP contribution < -0.4 is 11.1 Å². The maximum absolute atomic E-state index is 12.1. The fourth-order valence-electron chi connectivity index (χ4n) is 1.72. The smallest absolute Gasteiger partial charge is 0.259 e. The van der Waals surface area contributed by atoms with E-state index in [9.17, 15) is 9.90 Å². The molecule has 1 amide bonds. The molecule has 4 nitrogen and oxygen atoms in total. The minimum atomic E-state index is -0.385. The Labute approximate surface area is 131 Å². The lowest BCUT2D eigenvalue weighted by atomic mass is 10.1. The summed E-state index contributed by atoms with van der Waals surface area (Å²) >= 11 is 3.23. The summed E-state index contributed by atoms with van der Waals surface area (Å²) in [5.74, 6) is 5.18. The first-order valence-corrected chi connectivity index (χ1v) is 6.98. The van der Waals surface area contributed by atoms with E-state index in [0.29, 0.717) is 10.2 Å². The van der Waals surface area contributed by atoms with Gasteiger partial charge in [0.1, 0.15) is 5.75 Å². The molecule has 0 aliphatic heterocycles. The lowest BCUT2D eigenvalue weighted by Crippen LogP contribution is -2.12. The number of phenols is 1. The zero-order chi connectivity index (χ0) is 15.2. The van der Waals surface area contributed by atoms with Crippen molar-refractivity contribution in [1.29, 1.82) is 0 Å². The highest BCUT2D eigenvalue weighted by atomic mass is 79.9. The van der Waals surface area contributed by atoms with Crippen LogP contribution >= 0.6 is 15.9 Å². The Hall–Kier alpha value is -2.29. The van der Waals surface area contributed by atoms with Gasteiger partial charge < -0.3 is 16.2 Å². The van der Waals surface area contributed by atoms with Crippen molar-refractivity contribution in [2.24, 2.45) is 5.73 Å². The molecule has 0 radical (unpaired) electrons. The van der Waals surface area contributed by atoms with Crippen LogP contribution in [0.3, 0.4) is 0 Å². The van der Waals surface area contributed by atoms with Gasteiger partial charge in [-0.2, -0.15) is 0 Å². The standard InChI is InChI=1S/C16H13BrN2O2/c17-12-6-7-14(15(20)10-12)16(21)19-13-5-1-3-11(9-13)4-2-8-18/h1,3,5-7,9-10,20H,8,18H2,(H,19,21). The van der Waals surface area contributed by atoms with Crippen molar-refractivity contribution in [2.45, 2.75) is 0 Å². The number of aromatic hydroxyl groups is 1. The summed E-state index contributed by atoms with van der Waals surface area (Å²) in [7, 11) is 0. The second kappa shape index (κ2) is 6.93. The van der Waals surface area contributed by atoms with Gasteiger partial charge in [-0.05, 0) is 36.4 Å². The first-order chi connectivity index (χ1) is 10.1. The quantitative estimate of drug-likeness (QED) is 0.733. The Morgan fingerprint density at radius 3 is 2.81 bits per heavy atom. The van der Waals surface area contributed by atoms with Crippen molar-refractivity contribution in [3.8, 4) is 17.6 Å². The number of rotatable bonds is 2. The molecule has 0 atom stereocenters. The Balaban J connectivity index is 2.19. The second-order valence-corrected chi connectivity index (χ2v) is 5.12. The van der Waals surface area contributed by atoms with E-state index in [1.54, 1.807) is 30.3 Å². The third-order valence-electron chi connectivity index (χ3n) is 2.66. The number of benzene rings is 2. The van der Waals surface area contributed by atoms with E-state index in [-0.39, 0.29) is 23.8 Å². The summed E-state index contributed by atoms with van der Waals surface area (Å²) in [5, 5.41) is 12.5. The van der Waals surface area contributed by atoms with Crippen LogP contribution in [0.4, 0.5) is 5.69 Å². The van der Waals surface area contributed by atoms with Crippen molar-refractivity contribution in [2.75, 3.05) is 11.9 Å². The number of hydrogen-bond acceptors (Lipinski definition) is 3. The van der Waals surface area contributed by atoms with Gasteiger partial charge in [0.05, 0.1) is 12.1 Å². The van der Waals surface area contributed by atoms with E-state index in [1.165, 1.54) is 6.07 Å². The number of hydrogen-bond donors (Lipinski definition) is 3. The first-order valence-electron chi connectivity index (χ1n) is 6.19. The molecule has 0 unspecified atom stereocenters. The predicted octanol–water partition coefficient (Wildman–Crippen LogP) is 2.72. The average Bonchev–Trinajstić information content (AvgIpc) is 2.45. The molecule has 106 valence electrons. The monoisotopic (exact) mass is 344 g/mol. The van der Waals surface area contributed by atoms with Crippen LogP contribution in [-0.2, 0) is 0 Å². The number of phenolic OH excluding ortho intramolecular Hbond substituents is 1. The van der Waals surface area contributed by atoms with Crippen molar-refractivity contribution < 1.29 is 9.90 Å². The molecule has 5 heteroatoms. The van der Waals surface area contributed by atoms with Crippen LogP contribution in [0.15, 0.2) is 46.9 Å². The Morgan fingerprint density at radius 1 is 1.29 bits per heavy atom. The predicted molar refractivity (Wildman–Crippen MR) is 86.1 cm³/mol. The molecular weight excluding hydrogens is 332 g/mol. The highest BCUT2D eigenvalue weighted by Crippen LogP contribution is 2.23. The molecule has 2 rings (SSSR count). The molecule has 0 aromatic heterocycles. The van der Waals surface area contributed by atoms with Crippen molar-refractivity contribution in [3.63, 3.8) is 0 Å². The Bertz CT molecular complexity index is 733. The third-order valence-corrected chi connectivity index (χ3v) is 3.15. The molecule has 0 bridgehead atoms. The number of carbonyl (C=O) groups is 1. The molecule has 0 saturated heterocycles. The van der Waals surface area contributed by atoms with Crippen molar-refractivity contribution in [1.82, 2.24) is 0 Å². The summed E-state index contributed by atoms with van der Waals surface area (Å²) in [6.07, 6.45) is 0. The van der Waals surface area contributed by atoms with Crippen LogP contribution in [0.5, 0.6) is 5.75 Å². The van der Waals surface area contributed by atoms with Crippen LogP contribution in [-0.4, -0.2) is 17.6 Å². The Kier molecular flexibility index (Phi) is 4.99. The van der Waals surface area contributed by atoms with Gasteiger partial charge in [-0.15, -0.1) is 0 Å². The fourth-order valence-corrected chi connectivity index (χ4v) is 2.07. The molecule has 21 heavy (non-hydrogen) atoms. The van der Waals surface area contributed by atoms with E-state index in [0.717, 1.165) is 5.56 Å². The summed E-state index contributed by atoms with van der Waals surface area (Å²) in [4.78, 5) is 12.1. The fraction of sp³-hybridized carbons (Fsp3) is 0.0625. The van der Waals surface area contributed by atoms with Gasteiger partial charge in [-0.3, -0.25) is 4.79 Å². The molecule has 4 N–H and O–H groups in total. The Morgan fingerprint density at radius 2 is 2.10 bits per heavy atom. The minimum absolute atomic E-state index is 0.0825. The largest absolute Gasteiger partial charge is 0.507 e. The van der Waals surface area contributed by atoms with Gasteiger partial charge in [0.15, 0.2) is 0 Å². The highest BCUT2D eigenvalue weighted by molar-refractivity contribution is 9.10. The molecule has 0 saturated carbocycles. The van der Waals surface area contributed by atoms with Gasteiger partial charge >= 0.3 is 0 Å². The average molecular weight is 345 g/mol. The van der Waals surface area contributed by atoms with E-state index in [1.807, 2.05) is 6.07 Å². The van der Waals surface area contributed by atoms with E-state index >= 15 is 0 Å². The molecule has 0 heterocycles. The summed E-state index contributed by atoms with van der Waals surface area (Å²) < 4.78 is 0.704. The summed E-state index contributed by atoms with van der Waals surface area (Å²) in [5.41, 5.74) is 6.90. The SMILES string of the molecule is NCC#Cc1cccc(NC(=O)c2ccc(Br)cc2O)c1. The van der Waals surface area contributed by atoms with Gasteiger partial charge in [-0.25, -0.2) is 0 Å². The maximum atomic E-state index is 12.1. The van der Waals surface area contributed by atoms with Crippen LogP contribution in [0.1, 0.15) is 15.9 Å². The minimum Gasteiger partial charge on any atom is -0.507 e. The van der Waals surface area contributed by atoms with E-state index < -0.39 is 0 Å². The first kappa shape index (κ1) is 15.1. The topological polar surface area (TPSA) is 75.3 Å².